The molecule has 8 nitrogen and oxygen atoms in total. The Morgan fingerprint density at radius 2 is 1.85 bits per heavy atom. The average molecular weight is 468 g/mol. The minimum atomic E-state index is -0.701. The van der Waals surface area contributed by atoms with E-state index < -0.39 is 10.9 Å². The number of ether oxygens (including phenoxy) is 1. The van der Waals surface area contributed by atoms with Gasteiger partial charge in [-0.3, -0.25) is 15.5 Å². The maximum atomic E-state index is 12.8. The molecule has 0 aliphatic rings. The zero-order valence-electron chi connectivity index (χ0n) is 17.5. The SMILES string of the molecule is O=C(Oc1ccc2ccccc2c1/C=N\Nc1nc2ccccc2s1)c1cccc([N+](=O)[O-])c1. The molecule has 0 aliphatic heterocycles. The molecule has 1 heterocycles. The molecule has 5 aromatic rings. The molecule has 0 fully saturated rings. The topological polar surface area (TPSA) is 107 Å². The Labute approximate surface area is 197 Å². The molecule has 0 spiro atoms. The summed E-state index contributed by atoms with van der Waals surface area (Å²) >= 11 is 1.48. The maximum absolute atomic E-state index is 12.8. The first-order chi connectivity index (χ1) is 16.6. The second kappa shape index (κ2) is 9.08. The molecule has 0 saturated carbocycles. The van der Waals surface area contributed by atoms with Crippen molar-refractivity contribution in [2.75, 3.05) is 5.43 Å². The molecular weight excluding hydrogens is 452 g/mol. The second-order valence-corrected chi connectivity index (χ2v) is 8.28. The third-order valence-electron chi connectivity index (χ3n) is 5.07. The van der Waals surface area contributed by atoms with E-state index in [-0.39, 0.29) is 17.0 Å². The molecule has 5 rings (SSSR count). The van der Waals surface area contributed by atoms with Crippen LogP contribution in [0, 0.1) is 10.1 Å². The Hall–Kier alpha value is -4.63. The quantitative estimate of drug-likeness (QED) is 0.107. The Bertz CT molecular complexity index is 1550. The fourth-order valence-corrected chi connectivity index (χ4v) is 4.29. The van der Waals surface area contributed by atoms with E-state index in [0.717, 1.165) is 21.0 Å². The standard InChI is InChI=1S/C25H16N4O4S/c30-24(17-7-5-8-18(14-17)29(31)32)33-22-13-12-16-6-1-2-9-19(16)20(22)15-26-28-25-27-21-10-3-4-11-23(21)34-25/h1-15H,(H,27,28)/b26-15-. The Morgan fingerprint density at radius 3 is 2.71 bits per heavy atom. The van der Waals surface area contributed by atoms with E-state index in [9.17, 15) is 14.9 Å². The number of carbonyl (C=O) groups is 1. The van der Waals surface area contributed by atoms with Crippen molar-refractivity contribution in [3.8, 4) is 5.75 Å². The first kappa shape index (κ1) is 21.2. The van der Waals surface area contributed by atoms with E-state index in [1.165, 1.54) is 35.6 Å². The smallest absolute Gasteiger partial charge is 0.343 e. The molecule has 0 amide bonds. The van der Waals surface area contributed by atoms with Crippen LogP contribution >= 0.6 is 11.3 Å². The van der Waals surface area contributed by atoms with E-state index in [4.69, 9.17) is 4.74 Å². The summed E-state index contributed by atoms with van der Waals surface area (Å²) in [4.78, 5) is 27.7. The van der Waals surface area contributed by atoms with Gasteiger partial charge in [0.2, 0.25) is 5.13 Å². The van der Waals surface area contributed by atoms with Crippen LogP contribution in [-0.2, 0) is 0 Å². The number of hydrogen-bond donors (Lipinski definition) is 1. The largest absolute Gasteiger partial charge is 0.422 e. The molecule has 34 heavy (non-hydrogen) atoms. The van der Waals surface area contributed by atoms with Crippen molar-refractivity contribution in [1.29, 1.82) is 0 Å². The van der Waals surface area contributed by atoms with Gasteiger partial charge in [-0.2, -0.15) is 5.10 Å². The van der Waals surface area contributed by atoms with E-state index in [0.29, 0.717) is 10.7 Å². The van der Waals surface area contributed by atoms with Gasteiger partial charge in [-0.15, -0.1) is 0 Å². The predicted octanol–water partition coefficient (Wildman–Crippen LogP) is 6.02. The van der Waals surface area contributed by atoms with Crippen LogP contribution in [0.2, 0.25) is 0 Å². The van der Waals surface area contributed by atoms with Crippen molar-refractivity contribution in [1.82, 2.24) is 4.98 Å². The number of esters is 1. The number of non-ortho nitro benzene ring substituents is 1. The summed E-state index contributed by atoms with van der Waals surface area (Å²) in [6.45, 7) is 0. The Kier molecular flexibility index (Phi) is 5.67. The molecule has 1 aromatic heterocycles. The lowest BCUT2D eigenvalue weighted by atomic mass is 10.0. The minimum Gasteiger partial charge on any atom is -0.422 e. The van der Waals surface area contributed by atoms with E-state index in [1.807, 2.05) is 54.6 Å². The van der Waals surface area contributed by atoms with Crippen molar-refractivity contribution >= 4 is 55.3 Å². The lowest BCUT2D eigenvalue weighted by Crippen LogP contribution is -2.10. The van der Waals surface area contributed by atoms with Crippen LogP contribution in [0.4, 0.5) is 10.8 Å². The number of rotatable bonds is 6. The van der Waals surface area contributed by atoms with Crippen molar-refractivity contribution in [3.63, 3.8) is 0 Å². The van der Waals surface area contributed by atoms with Gasteiger partial charge in [0.1, 0.15) is 5.75 Å². The Balaban J connectivity index is 1.46. The summed E-state index contributed by atoms with van der Waals surface area (Å²) in [6, 6.07) is 24.4. The van der Waals surface area contributed by atoms with Gasteiger partial charge in [0.15, 0.2) is 0 Å². The van der Waals surface area contributed by atoms with Crippen LogP contribution in [-0.4, -0.2) is 22.1 Å². The zero-order valence-corrected chi connectivity index (χ0v) is 18.4. The van der Waals surface area contributed by atoms with Crippen molar-refractivity contribution in [2.45, 2.75) is 0 Å². The minimum absolute atomic E-state index is 0.0813. The molecule has 9 heteroatoms. The predicted molar refractivity (Wildman–Crippen MR) is 133 cm³/mol. The Morgan fingerprint density at radius 1 is 1.03 bits per heavy atom. The van der Waals surface area contributed by atoms with E-state index >= 15 is 0 Å². The van der Waals surface area contributed by atoms with Gasteiger partial charge in [-0.1, -0.05) is 59.9 Å². The molecule has 0 unspecified atom stereocenters. The monoisotopic (exact) mass is 468 g/mol. The van der Waals surface area contributed by atoms with Crippen molar-refractivity contribution in [2.24, 2.45) is 5.10 Å². The van der Waals surface area contributed by atoms with Gasteiger partial charge in [0, 0.05) is 17.7 Å². The summed E-state index contributed by atoms with van der Waals surface area (Å²) in [7, 11) is 0. The summed E-state index contributed by atoms with van der Waals surface area (Å²) in [5.74, 6) is -0.419. The molecular formula is C25H16N4O4S. The van der Waals surface area contributed by atoms with Crippen LogP contribution in [0.1, 0.15) is 15.9 Å². The van der Waals surface area contributed by atoms with Gasteiger partial charge in [-0.25, -0.2) is 9.78 Å². The zero-order chi connectivity index (χ0) is 23.5. The summed E-state index contributed by atoms with van der Waals surface area (Å²) in [6.07, 6.45) is 1.57. The normalized spacial score (nSPS) is 11.2. The van der Waals surface area contributed by atoms with Gasteiger partial charge in [0.25, 0.3) is 5.69 Å². The number of para-hydroxylation sites is 1. The van der Waals surface area contributed by atoms with Crippen LogP contribution in [0.3, 0.4) is 0 Å². The molecule has 0 atom stereocenters. The number of carbonyl (C=O) groups excluding carboxylic acids is 1. The fourth-order valence-electron chi connectivity index (χ4n) is 3.48. The number of nitrogens with zero attached hydrogens (tertiary/aromatic N) is 3. The third-order valence-corrected chi connectivity index (χ3v) is 6.01. The van der Waals surface area contributed by atoms with Crippen LogP contribution in [0.5, 0.6) is 5.75 Å². The first-order valence-electron chi connectivity index (χ1n) is 10.2. The highest BCUT2D eigenvalue weighted by atomic mass is 32.1. The van der Waals surface area contributed by atoms with Crippen LogP contribution in [0.15, 0.2) is 90.0 Å². The van der Waals surface area contributed by atoms with Crippen LogP contribution in [0.25, 0.3) is 21.0 Å². The lowest BCUT2D eigenvalue weighted by molar-refractivity contribution is -0.384. The second-order valence-electron chi connectivity index (χ2n) is 7.25. The number of hydrogen-bond acceptors (Lipinski definition) is 8. The summed E-state index contributed by atoms with van der Waals surface area (Å²) < 4.78 is 6.67. The number of hydrazone groups is 1. The first-order valence-corrected chi connectivity index (χ1v) is 11.0. The van der Waals surface area contributed by atoms with Crippen molar-refractivity contribution in [3.05, 3.63) is 106 Å². The molecule has 0 radical (unpaired) electrons. The number of fused-ring (bicyclic) bond motifs is 2. The van der Waals surface area contributed by atoms with E-state index in [1.54, 1.807) is 12.3 Å². The molecule has 0 saturated heterocycles. The molecule has 0 aliphatic carbocycles. The number of benzene rings is 4. The van der Waals surface area contributed by atoms with Gasteiger partial charge >= 0.3 is 5.97 Å². The highest BCUT2D eigenvalue weighted by Crippen LogP contribution is 2.29. The van der Waals surface area contributed by atoms with Gasteiger partial charge in [-0.05, 0) is 35.0 Å². The third kappa shape index (κ3) is 4.32. The number of aromatic nitrogens is 1. The molecule has 166 valence electrons. The number of nitro groups is 1. The molecule has 4 aromatic carbocycles. The summed E-state index contributed by atoms with van der Waals surface area (Å²) in [5.41, 5.74) is 4.30. The van der Waals surface area contributed by atoms with Crippen molar-refractivity contribution < 1.29 is 14.5 Å². The lowest BCUT2D eigenvalue weighted by Gasteiger charge is -2.10. The average Bonchev–Trinajstić information content (AvgIpc) is 3.28. The maximum Gasteiger partial charge on any atom is 0.343 e. The van der Waals surface area contributed by atoms with E-state index in [2.05, 4.69) is 15.5 Å². The van der Waals surface area contributed by atoms with Gasteiger partial charge < -0.3 is 4.74 Å². The highest BCUT2D eigenvalue weighted by molar-refractivity contribution is 7.22. The highest BCUT2D eigenvalue weighted by Gasteiger charge is 2.16. The fraction of sp³-hybridized carbons (Fsp3) is 0. The van der Waals surface area contributed by atoms with Gasteiger partial charge in [0.05, 0.1) is 26.9 Å². The summed E-state index contributed by atoms with van der Waals surface area (Å²) in [5, 5.41) is 17.8. The number of anilines is 1. The molecule has 1 N–H and O–H groups in total. The number of thiazole rings is 1. The number of nitro benzene ring substituents is 1. The molecule has 0 bridgehead atoms. The number of nitrogens with one attached hydrogen (secondary N) is 1. The van der Waals surface area contributed by atoms with Crippen LogP contribution < -0.4 is 10.2 Å².